The zero-order valence-corrected chi connectivity index (χ0v) is 14.2. The van der Waals surface area contributed by atoms with Gasteiger partial charge in [0, 0.05) is 18.0 Å². The maximum atomic E-state index is 13.1. The van der Waals surface area contributed by atoms with Crippen LogP contribution < -0.4 is 5.32 Å². The fourth-order valence-corrected chi connectivity index (χ4v) is 3.07. The van der Waals surface area contributed by atoms with Crippen LogP contribution in [-0.4, -0.2) is 20.4 Å². The van der Waals surface area contributed by atoms with Crippen LogP contribution in [0.15, 0.2) is 36.0 Å². The number of carbonyl (C=O) groups is 1. The van der Waals surface area contributed by atoms with E-state index in [9.17, 15) is 9.18 Å². The van der Waals surface area contributed by atoms with Crippen molar-refractivity contribution in [3.8, 4) is 11.3 Å². The van der Waals surface area contributed by atoms with Crippen LogP contribution in [-0.2, 0) is 24.7 Å². The van der Waals surface area contributed by atoms with Crippen molar-refractivity contribution in [1.82, 2.24) is 14.5 Å². The van der Waals surface area contributed by atoms with Crippen molar-refractivity contribution in [3.05, 3.63) is 52.5 Å². The minimum Gasteiger partial charge on any atom is -0.320 e. The number of rotatable bonds is 5. The first-order valence-electron chi connectivity index (χ1n) is 7.57. The van der Waals surface area contributed by atoms with Gasteiger partial charge in [-0.15, -0.1) is 11.3 Å². The standard InChI is InChI=1S/C17H17FN4OS/c1-3-15-20-13(9-24-15)8-14(23)21-17-16(19-10-22(17)2)11-4-6-12(18)7-5-11/h4-7,9-10H,3,8H2,1-2H3,(H,21,23). The Balaban J connectivity index is 1.78. The maximum Gasteiger partial charge on any atom is 0.231 e. The van der Waals surface area contributed by atoms with Gasteiger partial charge in [0.25, 0.3) is 0 Å². The van der Waals surface area contributed by atoms with E-state index in [1.807, 2.05) is 12.3 Å². The predicted octanol–water partition coefficient (Wildman–Crippen LogP) is 3.43. The molecule has 0 aliphatic rings. The summed E-state index contributed by atoms with van der Waals surface area (Å²) in [6.45, 7) is 2.04. The highest BCUT2D eigenvalue weighted by Crippen LogP contribution is 2.26. The molecular formula is C17H17FN4OS. The van der Waals surface area contributed by atoms with Crippen molar-refractivity contribution in [2.75, 3.05) is 5.32 Å². The Morgan fingerprint density at radius 3 is 2.75 bits per heavy atom. The van der Waals surface area contributed by atoms with Crippen molar-refractivity contribution < 1.29 is 9.18 Å². The molecule has 2 heterocycles. The number of halogens is 1. The van der Waals surface area contributed by atoms with Gasteiger partial charge in [0.2, 0.25) is 5.91 Å². The number of carbonyl (C=O) groups excluding carboxylic acids is 1. The third kappa shape index (κ3) is 3.51. The van der Waals surface area contributed by atoms with E-state index in [1.165, 1.54) is 12.1 Å². The molecule has 124 valence electrons. The van der Waals surface area contributed by atoms with Gasteiger partial charge >= 0.3 is 0 Å². The number of amides is 1. The van der Waals surface area contributed by atoms with E-state index in [0.29, 0.717) is 11.5 Å². The third-order valence-electron chi connectivity index (χ3n) is 3.56. The lowest BCUT2D eigenvalue weighted by molar-refractivity contribution is -0.115. The van der Waals surface area contributed by atoms with Crippen molar-refractivity contribution in [1.29, 1.82) is 0 Å². The number of aryl methyl sites for hydroxylation is 2. The average Bonchev–Trinajstić information content (AvgIpc) is 3.16. The van der Waals surface area contributed by atoms with E-state index in [4.69, 9.17) is 0 Å². The molecule has 1 N–H and O–H groups in total. The number of aromatic nitrogens is 3. The number of anilines is 1. The van der Waals surface area contributed by atoms with Crippen molar-refractivity contribution >= 4 is 23.1 Å². The van der Waals surface area contributed by atoms with Crippen molar-refractivity contribution in [3.63, 3.8) is 0 Å². The molecular weight excluding hydrogens is 327 g/mol. The largest absolute Gasteiger partial charge is 0.320 e. The smallest absolute Gasteiger partial charge is 0.231 e. The summed E-state index contributed by atoms with van der Waals surface area (Å²) in [5.74, 6) is 0.114. The van der Waals surface area contributed by atoms with Gasteiger partial charge in [0.05, 0.1) is 23.4 Å². The highest BCUT2D eigenvalue weighted by atomic mass is 32.1. The first kappa shape index (κ1) is 16.3. The van der Waals surface area contributed by atoms with E-state index < -0.39 is 0 Å². The molecule has 0 aliphatic carbocycles. The molecule has 24 heavy (non-hydrogen) atoms. The number of benzene rings is 1. The average molecular weight is 344 g/mol. The van der Waals surface area contributed by atoms with Crippen molar-refractivity contribution in [2.45, 2.75) is 19.8 Å². The number of hydrogen-bond acceptors (Lipinski definition) is 4. The quantitative estimate of drug-likeness (QED) is 0.771. The first-order chi connectivity index (χ1) is 11.6. The molecule has 0 spiro atoms. The second-order valence-corrected chi connectivity index (χ2v) is 6.31. The number of imidazole rings is 1. The van der Waals surface area contributed by atoms with E-state index in [-0.39, 0.29) is 18.1 Å². The second-order valence-electron chi connectivity index (χ2n) is 5.37. The number of nitrogens with zero attached hydrogens (tertiary/aromatic N) is 3. The molecule has 0 saturated carbocycles. The molecule has 3 rings (SSSR count). The van der Waals surface area contributed by atoms with Crippen LogP contribution in [0, 0.1) is 5.82 Å². The zero-order chi connectivity index (χ0) is 17.1. The van der Waals surface area contributed by atoms with Gasteiger partial charge in [-0.25, -0.2) is 14.4 Å². The molecule has 0 fully saturated rings. The minimum absolute atomic E-state index is 0.157. The summed E-state index contributed by atoms with van der Waals surface area (Å²) in [6.07, 6.45) is 2.69. The molecule has 0 unspecified atom stereocenters. The lowest BCUT2D eigenvalue weighted by Crippen LogP contribution is -2.17. The SMILES string of the molecule is CCc1nc(CC(=O)Nc2c(-c3ccc(F)cc3)ncn2C)cs1. The molecule has 0 radical (unpaired) electrons. The second kappa shape index (κ2) is 6.92. The van der Waals surface area contributed by atoms with Crippen molar-refractivity contribution in [2.24, 2.45) is 7.05 Å². The van der Waals surface area contributed by atoms with Gasteiger partial charge in [-0.3, -0.25) is 4.79 Å². The molecule has 0 saturated heterocycles. The number of thiazole rings is 1. The summed E-state index contributed by atoms with van der Waals surface area (Å²) in [7, 11) is 1.80. The molecule has 5 nitrogen and oxygen atoms in total. The Morgan fingerprint density at radius 2 is 2.08 bits per heavy atom. The Hall–Kier alpha value is -2.54. The summed E-state index contributed by atoms with van der Waals surface area (Å²) in [6, 6.07) is 6.02. The van der Waals surface area contributed by atoms with Crippen LogP contribution in [0.25, 0.3) is 11.3 Å². The third-order valence-corrected chi connectivity index (χ3v) is 4.60. The van der Waals surface area contributed by atoms with E-state index >= 15 is 0 Å². The molecule has 1 aromatic carbocycles. The Bertz CT molecular complexity index is 854. The molecule has 1 amide bonds. The molecule has 0 aliphatic heterocycles. The van der Waals surface area contributed by atoms with Crippen LogP contribution in [0.4, 0.5) is 10.2 Å². The lowest BCUT2D eigenvalue weighted by Gasteiger charge is -2.08. The zero-order valence-electron chi connectivity index (χ0n) is 13.4. The molecule has 2 aromatic heterocycles. The Labute approximate surface area is 143 Å². The molecule has 0 bridgehead atoms. The summed E-state index contributed by atoms with van der Waals surface area (Å²) in [5, 5.41) is 5.80. The normalized spacial score (nSPS) is 10.8. The highest BCUT2D eigenvalue weighted by Gasteiger charge is 2.15. The lowest BCUT2D eigenvalue weighted by atomic mass is 10.1. The molecule has 0 atom stereocenters. The van der Waals surface area contributed by atoms with Crippen LogP contribution in [0.1, 0.15) is 17.6 Å². The Kier molecular flexibility index (Phi) is 4.71. The van der Waals surface area contributed by atoms with Gasteiger partial charge in [-0.05, 0) is 30.7 Å². The van der Waals surface area contributed by atoms with Gasteiger partial charge in [0.1, 0.15) is 17.3 Å². The summed E-state index contributed by atoms with van der Waals surface area (Å²) in [4.78, 5) is 21.0. The summed E-state index contributed by atoms with van der Waals surface area (Å²) in [5.41, 5.74) is 2.12. The summed E-state index contributed by atoms with van der Waals surface area (Å²) >= 11 is 1.56. The van der Waals surface area contributed by atoms with Gasteiger partial charge in [-0.1, -0.05) is 6.92 Å². The van der Waals surface area contributed by atoms with E-state index in [0.717, 1.165) is 22.7 Å². The first-order valence-corrected chi connectivity index (χ1v) is 8.45. The highest BCUT2D eigenvalue weighted by molar-refractivity contribution is 7.09. The minimum atomic E-state index is -0.310. The molecule has 3 aromatic rings. The van der Waals surface area contributed by atoms with Crippen LogP contribution in [0.3, 0.4) is 0 Å². The maximum absolute atomic E-state index is 13.1. The van der Waals surface area contributed by atoms with Crippen LogP contribution in [0.5, 0.6) is 0 Å². The number of hydrogen-bond donors (Lipinski definition) is 1. The molecule has 7 heteroatoms. The van der Waals surface area contributed by atoms with Crippen LogP contribution >= 0.6 is 11.3 Å². The Morgan fingerprint density at radius 1 is 1.33 bits per heavy atom. The van der Waals surface area contributed by atoms with E-state index in [1.54, 1.807) is 41.4 Å². The topological polar surface area (TPSA) is 59.8 Å². The fourth-order valence-electron chi connectivity index (χ4n) is 2.33. The monoisotopic (exact) mass is 344 g/mol. The van der Waals surface area contributed by atoms with Gasteiger partial charge in [0.15, 0.2) is 0 Å². The summed E-state index contributed by atoms with van der Waals surface area (Å²) < 4.78 is 14.8. The van der Waals surface area contributed by atoms with Gasteiger partial charge < -0.3 is 9.88 Å². The van der Waals surface area contributed by atoms with Crippen LogP contribution in [0.2, 0.25) is 0 Å². The van der Waals surface area contributed by atoms with E-state index in [2.05, 4.69) is 15.3 Å². The fraction of sp³-hybridized carbons (Fsp3) is 0.235. The van der Waals surface area contributed by atoms with Gasteiger partial charge in [-0.2, -0.15) is 0 Å². The predicted molar refractivity (Wildman–Crippen MR) is 92.4 cm³/mol. The number of nitrogens with one attached hydrogen (secondary N) is 1.